The van der Waals surface area contributed by atoms with Crippen molar-refractivity contribution in [2.45, 2.75) is 50.1 Å². The average molecular weight is 532 g/mol. The lowest BCUT2D eigenvalue weighted by Gasteiger charge is -2.18. The number of nitrogens with zero attached hydrogens (tertiary/aromatic N) is 4. The molecule has 0 aliphatic rings. The van der Waals surface area contributed by atoms with Crippen molar-refractivity contribution in [1.82, 2.24) is 14.8 Å². The summed E-state index contributed by atoms with van der Waals surface area (Å²) >= 11 is 1.26. The number of thioether (sulfide) groups is 1. The van der Waals surface area contributed by atoms with E-state index >= 15 is 0 Å². The fourth-order valence-corrected chi connectivity index (χ4v) is 4.63. The third kappa shape index (κ3) is 6.38. The van der Waals surface area contributed by atoms with Gasteiger partial charge in [-0.2, -0.15) is 0 Å². The minimum atomic E-state index is -0.524. The normalized spacial score (nSPS) is 12.7. The summed E-state index contributed by atoms with van der Waals surface area (Å²) in [4.78, 5) is 23.3. The van der Waals surface area contributed by atoms with Crippen molar-refractivity contribution >= 4 is 29.0 Å². The Morgan fingerprint density at radius 1 is 0.947 bits per heavy atom. The molecule has 0 aliphatic carbocycles. The van der Waals surface area contributed by atoms with Crippen molar-refractivity contribution in [3.05, 3.63) is 100 Å². The summed E-state index contributed by atoms with van der Waals surface area (Å²) in [5.74, 6) is 1.51. The number of hydrogen-bond acceptors (Lipinski definition) is 7. The summed E-state index contributed by atoms with van der Waals surface area (Å²) in [6.07, 6.45) is -0.411. The van der Waals surface area contributed by atoms with E-state index in [1.54, 1.807) is 6.92 Å². The van der Waals surface area contributed by atoms with Crippen LogP contribution in [-0.4, -0.2) is 30.8 Å². The van der Waals surface area contributed by atoms with Crippen LogP contribution in [0, 0.1) is 10.1 Å². The first-order valence-corrected chi connectivity index (χ1v) is 13.1. The average Bonchev–Trinajstić information content (AvgIpc) is 3.33. The molecule has 2 unspecified atom stereocenters. The maximum atomic E-state index is 12.9. The monoisotopic (exact) mass is 531 g/mol. The van der Waals surface area contributed by atoms with E-state index in [4.69, 9.17) is 4.74 Å². The van der Waals surface area contributed by atoms with Crippen LogP contribution in [0.15, 0.2) is 84.0 Å². The smallest absolute Gasteiger partial charge is 0.269 e. The van der Waals surface area contributed by atoms with E-state index in [1.807, 2.05) is 54.0 Å². The number of carbonyl (C=O) groups is 1. The Balaban J connectivity index is 1.53. The Morgan fingerprint density at radius 3 is 2.21 bits per heavy atom. The van der Waals surface area contributed by atoms with Crippen LogP contribution in [0.3, 0.4) is 0 Å². The summed E-state index contributed by atoms with van der Waals surface area (Å²) in [5.41, 5.74) is 2.52. The number of aromatic nitrogens is 3. The highest BCUT2D eigenvalue weighted by Gasteiger charge is 2.24. The SMILES string of the molecule is CC(Sc1nnc(C(C)Oc2ccc(C(C)C)cc2)n1-c1ccccc1)C(=O)Nc1ccc([N+](=O)[O-])cc1. The third-order valence-electron chi connectivity index (χ3n) is 5.89. The predicted octanol–water partition coefficient (Wildman–Crippen LogP) is 6.56. The molecule has 38 heavy (non-hydrogen) atoms. The van der Waals surface area contributed by atoms with Gasteiger partial charge in [0.25, 0.3) is 5.69 Å². The summed E-state index contributed by atoms with van der Waals surface area (Å²) in [6.45, 7) is 7.98. The van der Waals surface area contributed by atoms with E-state index in [0.717, 1.165) is 11.4 Å². The zero-order valence-electron chi connectivity index (χ0n) is 21.6. The number of nitro groups is 1. The molecule has 0 aliphatic heterocycles. The van der Waals surface area contributed by atoms with Crippen LogP contribution in [0.2, 0.25) is 0 Å². The van der Waals surface area contributed by atoms with Crippen LogP contribution in [0.25, 0.3) is 5.69 Å². The van der Waals surface area contributed by atoms with E-state index in [1.165, 1.54) is 41.6 Å². The van der Waals surface area contributed by atoms with Crippen LogP contribution in [0.4, 0.5) is 11.4 Å². The van der Waals surface area contributed by atoms with E-state index in [0.29, 0.717) is 22.6 Å². The van der Waals surface area contributed by atoms with Gasteiger partial charge < -0.3 is 10.1 Å². The molecule has 4 aromatic rings. The number of anilines is 1. The molecule has 9 nitrogen and oxygen atoms in total. The molecule has 3 aromatic carbocycles. The van der Waals surface area contributed by atoms with E-state index in [9.17, 15) is 14.9 Å². The first kappa shape index (κ1) is 26.9. The molecule has 1 N–H and O–H groups in total. The molecular weight excluding hydrogens is 502 g/mol. The molecule has 0 saturated heterocycles. The quantitative estimate of drug-likeness (QED) is 0.140. The molecule has 0 fully saturated rings. The highest BCUT2D eigenvalue weighted by atomic mass is 32.2. The van der Waals surface area contributed by atoms with Crippen molar-refractivity contribution in [2.24, 2.45) is 0 Å². The molecular formula is C28H29N5O4S. The number of ether oxygens (including phenoxy) is 1. The zero-order valence-corrected chi connectivity index (χ0v) is 22.4. The first-order valence-electron chi connectivity index (χ1n) is 12.2. The second-order valence-corrected chi connectivity index (χ2v) is 10.4. The molecule has 0 saturated carbocycles. The van der Waals surface area contributed by atoms with Gasteiger partial charge in [-0.3, -0.25) is 19.5 Å². The fourth-order valence-electron chi connectivity index (χ4n) is 3.75. The fraction of sp³-hybridized carbons (Fsp3) is 0.250. The van der Waals surface area contributed by atoms with Crippen molar-refractivity contribution in [3.63, 3.8) is 0 Å². The van der Waals surface area contributed by atoms with E-state index < -0.39 is 16.3 Å². The van der Waals surface area contributed by atoms with Gasteiger partial charge in [0.1, 0.15) is 5.75 Å². The largest absolute Gasteiger partial charge is 0.483 e. The zero-order chi connectivity index (χ0) is 27.2. The van der Waals surface area contributed by atoms with Crippen LogP contribution in [0.1, 0.15) is 51.1 Å². The summed E-state index contributed by atoms with van der Waals surface area (Å²) in [7, 11) is 0. The van der Waals surface area contributed by atoms with Crippen LogP contribution < -0.4 is 10.1 Å². The van der Waals surface area contributed by atoms with Gasteiger partial charge in [0.15, 0.2) is 17.1 Å². The molecule has 1 heterocycles. The minimum Gasteiger partial charge on any atom is -0.483 e. The number of nitro benzene ring substituents is 1. The maximum absolute atomic E-state index is 12.9. The van der Waals surface area contributed by atoms with Crippen molar-refractivity contribution in [1.29, 1.82) is 0 Å². The first-order chi connectivity index (χ1) is 18.2. The number of benzene rings is 3. The second kappa shape index (κ2) is 11.9. The van der Waals surface area contributed by atoms with Gasteiger partial charge in [-0.1, -0.05) is 55.9 Å². The molecule has 0 bridgehead atoms. The van der Waals surface area contributed by atoms with Crippen molar-refractivity contribution in [3.8, 4) is 11.4 Å². The number of hydrogen-bond donors (Lipinski definition) is 1. The highest BCUT2D eigenvalue weighted by Crippen LogP contribution is 2.31. The number of non-ortho nitro benzene ring substituents is 1. The van der Waals surface area contributed by atoms with Crippen LogP contribution in [0.5, 0.6) is 5.75 Å². The molecule has 196 valence electrons. The summed E-state index contributed by atoms with van der Waals surface area (Å²) in [5, 5.41) is 22.5. The number of nitrogens with one attached hydrogen (secondary N) is 1. The Hall–Kier alpha value is -4.18. The van der Waals surface area contributed by atoms with Gasteiger partial charge in [-0.15, -0.1) is 10.2 Å². The molecule has 0 spiro atoms. The molecule has 1 amide bonds. The van der Waals surface area contributed by atoms with Gasteiger partial charge in [-0.05, 0) is 61.7 Å². The Bertz CT molecular complexity index is 1390. The number of para-hydroxylation sites is 1. The minimum absolute atomic E-state index is 0.0406. The van der Waals surface area contributed by atoms with E-state index in [-0.39, 0.29) is 11.6 Å². The lowest BCUT2D eigenvalue weighted by molar-refractivity contribution is -0.384. The lowest BCUT2D eigenvalue weighted by Crippen LogP contribution is -2.23. The van der Waals surface area contributed by atoms with Gasteiger partial charge >= 0.3 is 0 Å². The van der Waals surface area contributed by atoms with Gasteiger partial charge in [0.2, 0.25) is 5.91 Å². The maximum Gasteiger partial charge on any atom is 0.269 e. The van der Waals surface area contributed by atoms with Crippen molar-refractivity contribution in [2.75, 3.05) is 5.32 Å². The number of amides is 1. The summed E-state index contributed by atoms with van der Waals surface area (Å²) in [6, 6.07) is 23.4. The number of rotatable bonds is 10. The Morgan fingerprint density at radius 2 is 1.61 bits per heavy atom. The standard InChI is InChI=1S/C28H29N5O4S/c1-18(2)21-10-16-25(17-11-21)37-19(3)26-30-31-28(32(26)23-8-6-5-7-9-23)38-20(4)27(34)29-22-12-14-24(15-13-22)33(35)36/h5-20H,1-4H3,(H,29,34). The van der Waals surface area contributed by atoms with Gasteiger partial charge in [-0.25, -0.2) is 0 Å². The Labute approximate surface area is 225 Å². The second-order valence-electron chi connectivity index (χ2n) is 9.05. The van der Waals surface area contributed by atoms with Crippen molar-refractivity contribution < 1.29 is 14.5 Å². The third-order valence-corrected chi connectivity index (χ3v) is 6.94. The number of carbonyl (C=O) groups excluding carboxylic acids is 1. The van der Waals surface area contributed by atoms with Gasteiger partial charge in [0.05, 0.1) is 10.2 Å². The van der Waals surface area contributed by atoms with Crippen LogP contribution in [-0.2, 0) is 4.79 Å². The topological polar surface area (TPSA) is 112 Å². The molecule has 1 aromatic heterocycles. The molecule has 2 atom stereocenters. The summed E-state index contributed by atoms with van der Waals surface area (Å²) < 4.78 is 8.10. The predicted molar refractivity (Wildman–Crippen MR) is 148 cm³/mol. The highest BCUT2D eigenvalue weighted by molar-refractivity contribution is 8.00. The Kier molecular flexibility index (Phi) is 8.42. The molecule has 10 heteroatoms. The molecule has 0 radical (unpaired) electrons. The molecule has 4 rings (SSSR count). The van der Waals surface area contributed by atoms with Gasteiger partial charge in [0, 0.05) is 23.5 Å². The van der Waals surface area contributed by atoms with Crippen LogP contribution >= 0.6 is 11.8 Å². The van der Waals surface area contributed by atoms with E-state index in [2.05, 4.69) is 41.5 Å². The lowest BCUT2D eigenvalue weighted by atomic mass is 10.0.